The number of aromatic nitrogens is 5. The standard InChI is InChI=1S/C23H28F3N7O3S/c1-13-9-16(37(2,34)35)6-8-31(13)17-10-19(32-14-3-4-15(32)12-36-11-14)28-22-20(17)21(23(24,25)26)30-33(22)18-5-7-27-29-18/h5,7,10,13-16H,3-4,6,8-9,11-12H2,1-2H3,(H,27,29)/t13-,14?,15?,16?/m1/s1. The van der Waals surface area contributed by atoms with Crippen LogP contribution in [0.2, 0.25) is 0 Å². The smallest absolute Gasteiger partial charge is 0.377 e. The Morgan fingerprint density at radius 1 is 1.16 bits per heavy atom. The number of nitrogens with zero attached hydrogens (tertiary/aromatic N) is 6. The van der Waals surface area contributed by atoms with Crippen molar-refractivity contribution in [3.8, 4) is 5.82 Å². The maximum atomic E-state index is 14.4. The van der Waals surface area contributed by atoms with Crippen molar-refractivity contribution in [2.75, 3.05) is 35.8 Å². The lowest BCUT2D eigenvalue weighted by Crippen LogP contribution is -2.47. The normalized spacial score (nSPS) is 26.8. The topological polar surface area (TPSA) is 109 Å². The molecule has 3 aromatic rings. The predicted octanol–water partition coefficient (Wildman–Crippen LogP) is 2.93. The van der Waals surface area contributed by atoms with Gasteiger partial charge in [0.15, 0.2) is 17.2 Å². The summed E-state index contributed by atoms with van der Waals surface area (Å²) in [6.45, 7) is 3.23. The van der Waals surface area contributed by atoms with E-state index in [1.807, 2.05) is 11.8 Å². The number of rotatable bonds is 4. The van der Waals surface area contributed by atoms with Gasteiger partial charge in [0.25, 0.3) is 0 Å². The minimum atomic E-state index is -4.73. The van der Waals surface area contributed by atoms with E-state index < -0.39 is 27.0 Å². The van der Waals surface area contributed by atoms with Gasteiger partial charge in [0.1, 0.15) is 15.7 Å². The molecule has 200 valence electrons. The van der Waals surface area contributed by atoms with E-state index in [0.29, 0.717) is 44.1 Å². The highest BCUT2D eigenvalue weighted by Crippen LogP contribution is 2.44. The van der Waals surface area contributed by atoms with Gasteiger partial charge >= 0.3 is 6.18 Å². The molecule has 3 fully saturated rings. The highest BCUT2D eigenvalue weighted by atomic mass is 32.2. The average Bonchev–Trinajstić information content (AvgIpc) is 3.54. The molecule has 14 heteroatoms. The van der Waals surface area contributed by atoms with Gasteiger partial charge in [0, 0.05) is 31.0 Å². The minimum absolute atomic E-state index is 0.0763. The van der Waals surface area contributed by atoms with Crippen LogP contribution >= 0.6 is 0 Å². The van der Waals surface area contributed by atoms with Crippen LogP contribution in [0.3, 0.4) is 0 Å². The zero-order valence-corrected chi connectivity index (χ0v) is 21.3. The van der Waals surface area contributed by atoms with Gasteiger partial charge in [0.05, 0.1) is 47.8 Å². The number of piperidine rings is 1. The number of alkyl halides is 3. The number of ether oxygens (including phenoxy) is 1. The van der Waals surface area contributed by atoms with Crippen LogP contribution in [0.15, 0.2) is 18.3 Å². The first-order valence-electron chi connectivity index (χ1n) is 12.3. The van der Waals surface area contributed by atoms with E-state index in [0.717, 1.165) is 17.5 Å². The number of hydrogen-bond acceptors (Lipinski definition) is 8. The van der Waals surface area contributed by atoms with Crippen LogP contribution in [0.25, 0.3) is 16.9 Å². The van der Waals surface area contributed by atoms with Crippen molar-refractivity contribution in [2.45, 2.75) is 62.2 Å². The first-order chi connectivity index (χ1) is 17.5. The molecule has 37 heavy (non-hydrogen) atoms. The molecule has 3 aliphatic rings. The van der Waals surface area contributed by atoms with Crippen molar-refractivity contribution in [3.63, 3.8) is 0 Å². The van der Waals surface area contributed by atoms with Gasteiger partial charge in [0.2, 0.25) is 0 Å². The minimum Gasteiger partial charge on any atom is -0.377 e. The summed E-state index contributed by atoms with van der Waals surface area (Å²) in [5.74, 6) is 0.843. The number of anilines is 2. The van der Waals surface area contributed by atoms with E-state index in [-0.39, 0.29) is 35.0 Å². The van der Waals surface area contributed by atoms with E-state index in [9.17, 15) is 21.6 Å². The Morgan fingerprint density at radius 3 is 2.49 bits per heavy atom. The number of sulfone groups is 1. The first-order valence-corrected chi connectivity index (χ1v) is 14.3. The molecular formula is C23H28F3N7O3S. The zero-order valence-electron chi connectivity index (χ0n) is 20.4. The Morgan fingerprint density at radius 2 is 1.89 bits per heavy atom. The molecule has 3 aliphatic heterocycles. The van der Waals surface area contributed by atoms with E-state index in [1.165, 1.54) is 12.5 Å². The molecular weight excluding hydrogens is 511 g/mol. The fourth-order valence-electron chi connectivity index (χ4n) is 6.05. The van der Waals surface area contributed by atoms with E-state index in [4.69, 9.17) is 9.72 Å². The summed E-state index contributed by atoms with van der Waals surface area (Å²) in [5, 5.41) is 9.93. The Bertz CT molecular complexity index is 1410. The van der Waals surface area contributed by atoms with Crippen LogP contribution < -0.4 is 9.80 Å². The Hall–Kier alpha value is -2.87. The third-order valence-electron chi connectivity index (χ3n) is 7.83. The number of nitrogens with one attached hydrogen (secondary N) is 1. The molecule has 3 aromatic heterocycles. The predicted molar refractivity (Wildman–Crippen MR) is 131 cm³/mol. The van der Waals surface area contributed by atoms with Crippen molar-refractivity contribution in [3.05, 3.63) is 24.0 Å². The summed E-state index contributed by atoms with van der Waals surface area (Å²) < 4.78 is 74.4. The summed E-state index contributed by atoms with van der Waals surface area (Å²) >= 11 is 0. The van der Waals surface area contributed by atoms with E-state index in [1.54, 1.807) is 12.1 Å². The number of fused-ring (bicyclic) bond motifs is 3. The molecule has 2 bridgehead atoms. The number of halogens is 3. The highest BCUT2D eigenvalue weighted by Gasteiger charge is 2.43. The maximum Gasteiger partial charge on any atom is 0.435 e. The largest absolute Gasteiger partial charge is 0.435 e. The summed E-state index contributed by atoms with van der Waals surface area (Å²) in [6, 6.07) is 3.15. The average molecular weight is 540 g/mol. The number of morpholine rings is 1. The quantitative estimate of drug-likeness (QED) is 0.539. The van der Waals surface area contributed by atoms with Crippen molar-refractivity contribution < 1.29 is 26.3 Å². The SMILES string of the molecule is C[C@@H]1CC(S(C)(=O)=O)CCN1c1cc(N2C3CCC2COC3)nc2c1c(C(F)(F)F)nn2-c1ccn[nH]1. The summed E-state index contributed by atoms with van der Waals surface area (Å²) in [5.41, 5.74) is -0.593. The highest BCUT2D eigenvalue weighted by molar-refractivity contribution is 7.91. The van der Waals surface area contributed by atoms with Crippen LogP contribution in [0, 0.1) is 0 Å². The molecule has 3 unspecified atom stereocenters. The molecule has 0 aromatic carbocycles. The van der Waals surface area contributed by atoms with Gasteiger partial charge in [-0.2, -0.15) is 28.1 Å². The van der Waals surface area contributed by atoms with Gasteiger partial charge in [-0.25, -0.2) is 13.4 Å². The Kier molecular flexibility index (Phi) is 5.67. The fraction of sp³-hybridized carbons (Fsp3) is 0.609. The number of hydrogen-bond donors (Lipinski definition) is 1. The molecule has 1 N–H and O–H groups in total. The maximum absolute atomic E-state index is 14.4. The molecule has 6 heterocycles. The van der Waals surface area contributed by atoms with Gasteiger partial charge in [-0.1, -0.05) is 0 Å². The second-order valence-electron chi connectivity index (χ2n) is 10.2. The molecule has 10 nitrogen and oxygen atoms in total. The zero-order chi connectivity index (χ0) is 26.1. The first kappa shape index (κ1) is 24.5. The number of pyridine rings is 1. The lowest BCUT2D eigenvalue weighted by molar-refractivity contribution is -0.140. The second kappa shape index (κ2) is 8.58. The lowest BCUT2D eigenvalue weighted by Gasteiger charge is -2.40. The second-order valence-corrected chi connectivity index (χ2v) is 12.6. The summed E-state index contributed by atoms with van der Waals surface area (Å²) in [7, 11) is -3.26. The molecule has 4 atom stereocenters. The molecule has 0 amide bonds. The number of aromatic amines is 1. The molecule has 0 saturated carbocycles. The molecule has 0 spiro atoms. The summed E-state index contributed by atoms with van der Waals surface area (Å²) in [4.78, 5) is 8.81. The fourth-order valence-corrected chi connectivity index (χ4v) is 7.22. The van der Waals surface area contributed by atoms with Crippen LogP contribution in [-0.4, -0.2) is 82.8 Å². The summed E-state index contributed by atoms with van der Waals surface area (Å²) in [6.07, 6.45) is 0.438. The van der Waals surface area contributed by atoms with Crippen LogP contribution in [0.1, 0.15) is 38.3 Å². The number of H-pyrrole nitrogens is 1. The molecule has 0 radical (unpaired) electrons. The van der Waals surface area contributed by atoms with Crippen molar-refractivity contribution >= 4 is 32.4 Å². The lowest BCUT2D eigenvalue weighted by atomic mass is 10.0. The molecule has 6 rings (SSSR count). The van der Waals surface area contributed by atoms with E-state index >= 15 is 0 Å². The Balaban J connectivity index is 1.57. The molecule has 0 aliphatic carbocycles. The molecule has 3 saturated heterocycles. The van der Waals surface area contributed by atoms with Gasteiger partial charge < -0.3 is 14.5 Å². The van der Waals surface area contributed by atoms with Crippen LogP contribution in [0.4, 0.5) is 24.7 Å². The van der Waals surface area contributed by atoms with Crippen molar-refractivity contribution in [1.29, 1.82) is 0 Å². The van der Waals surface area contributed by atoms with Gasteiger partial charge in [-0.05, 0) is 32.6 Å². The third-order valence-corrected chi connectivity index (χ3v) is 9.47. The van der Waals surface area contributed by atoms with Gasteiger partial charge in [-0.15, -0.1) is 0 Å². The Labute approximate surface area is 211 Å². The van der Waals surface area contributed by atoms with Crippen molar-refractivity contribution in [1.82, 2.24) is 25.0 Å². The van der Waals surface area contributed by atoms with Crippen molar-refractivity contribution in [2.24, 2.45) is 0 Å². The van der Waals surface area contributed by atoms with Crippen LogP contribution in [0.5, 0.6) is 0 Å². The van der Waals surface area contributed by atoms with E-state index in [2.05, 4.69) is 20.2 Å². The van der Waals surface area contributed by atoms with Crippen LogP contribution in [-0.2, 0) is 20.8 Å². The monoisotopic (exact) mass is 539 g/mol. The van der Waals surface area contributed by atoms with Gasteiger partial charge in [-0.3, -0.25) is 5.10 Å². The third kappa shape index (κ3) is 4.13.